The number of methoxy groups -OCH3 is 1. The van der Waals surface area contributed by atoms with Crippen molar-refractivity contribution in [3.8, 4) is 11.5 Å². The number of nitrogens with one attached hydrogen (secondary N) is 1. The van der Waals surface area contributed by atoms with Gasteiger partial charge >= 0.3 is 5.97 Å². The molecule has 0 aromatic heterocycles. The summed E-state index contributed by atoms with van der Waals surface area (Å²) in [7, 11) is 1.55. The third-order valence-electron chi connectivity index (χ3n) is 4.80. The molecule has 6 nitrogen and oxygen atoms in total. The second-order valence-corrected chi connectivity index (χ2v) is 6.91. The highest BCUT2D eigenvalue weighted by Gasteiger charge is 2.28. The summed E-state index contributed by atoms with van der Waals surface area (Å²) in [6.07, 6.45) is 0.599. The normalized spacial score (nSPS) is 13.1. The lowest BCUT2D eigenvalue weighted by Gasteiger charge is -2.21. The van der Waals surface area contributed by atoms with Crippen LogP contribution in [0.25, 0.3) is 6.08 Å². The zero-order valence-electron chi connectivity index (χ0n) is 16.9. The molecule has 1 heterocycles. The molecule has 1 atom stereocenters. The number of carbonyl (C=O) groups excluding carboxylic acids is 2. The maximum atomic E-state index is 13.0. The Morgan fingerprint density at radius 3 is 2.55 bits per heavy atom. The van der Waals surface area contributed by atoms with E-state index in [0.29, 0.717) is 28.3 Å². The highest BCUT2D eigenvalue weighted by atomic mass is 16.6. The van der Waals surface area contributed by atoms with E-state index in [4.69, 9.17) is 14.2 Å². The Bertz CT molecular complexity index is 1120. The molecule has 6 heteroatoms. The minimum absolute atomic E-state index is 0.0782. The van der Waals surface area contributed by atoms with Crippen molar-refractivity contribution in [1.29, 1.82) is 0 Å². The molecule has 1 N–H and O–H groups in total. The number of anilines is 1. The number of ether oxygens (including phenoxy) is 3. The second kappa shape index (κ2) is 9.17. The van der Waals surface area contributed by atoms with Crippen LogP contribution in [0.2, 0.25) is 0 Å². The molecule has 3 aromatic rings. The first kappa shape index (κ1) is 20.2. The fourth-order valence-electron chi connectivity index (χ4n) is 3.23. The Hall–Kier alpha value is -4.06. The monoisotopic (exact) mass is 415 g/mol. The van der Waals surface area contributed by atoms with Gasteiger partial charge in [-0.05, 0) is 24.3 Å². The van der Waals surface area contributed by atoms with Gasteiger partial charge < -0.3 is 19.5 Å². The van der Waals surface area contributed by atoms with Gasteiger partial charge in [-0.25, -0.2) is 4.79 Å². The minimum Gasteiger partial charge on any atom is -0.497 e. The number of benzene rings is 3. The summed E-state index contributed by atoms with van der Waals surface area (Å²) < 4.78 is 16.5. The molecule has 0 fully saturated rings. The lowest BCUT2D eigenvalue weighted by Crippen LogP contribution is -2.27. The first-order chi connectivity index (χ1) is 15.1. The molecular weight excluding hydrogens is 394 g/mol. The number of rotatable bonds is 6. The van der Waals surface area contributed by atoms with E-state index in [-0.39, 0.29) is 6.61 Å². The number of carbonyl (C=O) groups is 2. The van der Waals surface area contributed by atoms with Crippen molar-refractivity contribution in [3.05, 3.63) is 95.6 Å². The Kier molecular flexibility index (Phi) is 5.98. The summed E-state index contributed by atoms with van der Waals surface area (Å²) in [5.41, 5.74) is 2.23. The van der Waals surface area contributed by atoms with Crippen LogP contribution in [0.15, 0.2) is 84.4 Å². The molecule has 1 aliphatic rings. The molecule has 0 aliphatic carbocycles. The average Bonchev–Trinajstić information content (AvgIpc) is 2.82. The summed E-state index contributed by atoms with van der Waals surface area (Å²) >= 11 is 0. The van der Waals surface area contributed by atoms with Gasteiger partial charge in [0.15, 0.2) is 0 Å². The van der Waals surface area contributed by atoms with E-state index in [2.05, 4.69) is 5.32 Å². The highest BCUT2D eigenvalue weighted by Crippen LogP contribution is 2.28. The lowest BCUT2D eigenvalue weighted by molar-refractivity contribution is -0.151. The number of fused-ring (bicyclic) bond motifs is 1. The van der Waals surface area contributed by atoms with Gasteiger partial charge in [-0.1, -0.05) is 54.6 Å². The predicted octanol–water partition coefficient (Wildman–Crippen LogP) is 4.39. The van der Waals surface area contributed by atoms with E-state index in [1.807, 2.05) is 30.3 Å². The molecule has 4 rings (SSSR count). The van der Waals surface area contributed by atoms with Crippen LogP contribution in [0.1, 0.15) is 17.2 Å². The summed E-state index contributed by atoms with van der Waals surface area (Å²) in [4.78, 5) is 25.9. The van der Waals surface area contributed by atoms with Crippen molar-refractivity contribution in [2.75, 3.05) is 19.0 Å². The van der Waals surface area contributed by atoms with Gasteiger partial charge in [0, 0.05) is 22.9 Å². The van der Waals surface area contributed by atoms with Crippen LogP contribution in [0.5, 0.6) is 11.5 Å². The van der Waals surface area contributed by atoms with Crippen LogP contribution < -0.4 is 14.8 Å². The molecule has 0 radical (unpaired) electrons. The van der Waals surface area contributed by atoms with Gasteiger partial charge in [0.2, 0.25) is 6.10 Å². The van der Waals surface area contributed by atoms with Crippen molar-refractivity contribution in [2.45, 2.75) is 6.10 Å². The highest BCUT2D eigenvalue weighted by molar-refractivity contribution is 6.00. The molecule has 0 bridgehead atoms. The van der Waals surface area contributed by atoms with E-state index in [0.717, 1.165) is 5.56 Å². The third-order valence-corrected chi connectivity index (χ3v) is 4.80. The lowest BCUT2D eigenvalue weighted by atomic mass is 10.1. The Labute approximate surface area is 180 Å². The molecule has 0 spiro atoms. The molecule has 1 amide bonds. The molecular formula is C25H21NO5. The van der Waals surface area contributed by atoms with E-state index in [1.54, 1.807) is 61.7 Å². The Balaban J connectivity index is 1.56. The number of esters is 1. The van der Waals surface area contributed by atoms with Crippen LogP contribution in [0.4, 0.5) is 5.69 Å². The standard InChI is InChI=1S/C25H21NO5/c1-29-21-12-7-11-20(15-21)26-24(27)23(17-8-3-2-4-9-17)31-25(28)19-14-18-10-5-6-13-22(18)30-16-19/h2-15,23H,16H2,1H3,(H,26,27)/t23-/m1/s1. The van der Waals surface area contributed by atoms with E-state index in [9.17, 15) is 9.59 Å². The van der Waals surface area contributed by atoms with Gasteiger partial charge in [0.25, 0.3) is 5.91 Å². The molecule has 0 saturated carbocycles. The number of hydrogen-bond acceptors (Lipinski definition) is 5. The van der Waals surface area contributed by atoms with Gasteiger partial charge in [-0.2, -0.15) is 0 Å². The second-order valence-electron chi connectivity index (χ2n) is 6.91. The fraction of sp³-hybridized carbons (Fsp3) is 0.120. The smallest absolute Gasteiger partial charge is 0.338 e. The largest absolute Gasteiger partial charge is 0.497 e. The maximum absolute atomic E-state index is 13.0. The molecule has 156 valence electrons. The third kappa shape index (κ3) is 4.75. The van der Waals surface area contributed by atoms with Crippen molar-refractivity contribution in [1.82, 2.24) is 0 Å². The zero-order valence-corrected chi connectivity index (χ0v) is 16.9. The zero-order chi connectivity index (χ0) is 21.6. The molecule has 31 heavy (non-hydrogen) atoms. The number of amides is 1. The summed E-state index contributed by atoms with van der Waals surface area (Å²) in [6, 6.07) is 23.3. The van der Waals surface area contributed by atoms with Crippen LogP contribution in [-0.2, 0) is 14.3 Å². The molecule has 3 aromatic carbocycles. The van der Waals surface area contributed by atoms with E-state index >= 15 is 0 Å². The fourth-order valence-corrected chi connectivity index (χ4v) is 3.23. The van der Waals surface area contributed by atoms with Crippen molar-refractivity contribution < 1.29 is 23.8 Å². The maximum Gasteiger partial charge on any atom is 0.338 e. The SMILES string of the molecule is COc1cccc(NC(=O)[C@H](OC(=O)C2=Cc3ccccc3OC2)c2ccccc2)c1. The van der Waals surface area contributed by atoms with Crippen molar-refractivity contribution in [2.24, 2.45) is 0 Å². The van der Waals surface area contributed by atoms with Crippen LogP contribution >= 0.6 is 0 Å². The van der Waals surface area contributed by atoms with Crippen molar-refractivity contribution >= 4 is 23.6 Å². The first-order valence-corrected chi connectivity index (χ1v) is 9.77. The van der Waals surface area contributed by atoms with E-state index < -0.39 is 18.0 Å². The number of para-hydroxylation sites is 1. The molecule has 1 aliphatic heterocycles. The number of hydrogen-bond donors (Lipinski definition) is 1. The van der Waals surface area contributed by atoms with Crippen molar-refractivity contribution in [3.63, 3.8) is 0 Å². The summed E-state index contributed by atoms with van der Waals surface area (Å²) in [5.74, 6) is 0.235. The quantitative estimate of drug-likeness (QED) is 0.605. The van der Waals surface area contributed by atoms with Crippen LogP contribution in [0.3, 0.4) is 0 Å². The minimum atomic E-state index is -1.13. The van der Waals surface area contributed by atoms with Gasteiger partial charge in [-0.3, -0.25) is 4.79 Å². The van der Waals surface area contributed by atoms with Crippen LogP contribution in [0, 0.1) is 0 Å². The molecule has 0 saturated heterocycles. The van der Waals surface area contributed by atoms with E-state index in [1.165, 1.54) is 0 Å². The van der Waals surface area contributed by atoms with Crippen LogP contribution in [-0.4, -0.2) is 25.6 Å². The predicted molar refractivity (Wildman–Crippen MR) is 117 cm³/mol. The summed E-state index contributed by atoms with van der Waals surface area (Å²) in [5, 5.41) is 2.79. The van der Waals surface area contributed by atoms with Gasteiger partial charge in [0.05, 0.1) is 12.7 Å². The Morgan fingerprint density at radius 1 is 0.968 bits per heavy atom. The average molecular weight is 415 g/mol. The Morgan fingerprint density at radius 2 is 1.74 bits per heavy atom. The topological polar surface area (TPSA) is 73.9 Å². The first-order valence-electron chi connectivity index (χ1n) is 9.77. The summed E-state index contributed by atoms with van der Waals surface area (Å²) in [6.45, 7) is 0.0782. The molecule has 0 unspecified atom stereocenters. The van der Waals surface area contributed by atoms with Gasteiger partial charge in [0.1, 0.15) is 18.1 Å². The van der Waals surface area contributed by atoms with Gasteiger partial charge in [-0.15, -0.1) is 0 Å².